The van der Waals surface area contributed by atoms with Crippen LogP contribution in [-0.2, 0) is 11.4 Å². The van der Waals surface area contributed by atoms with Gasteiger partial charge in [-0.1, -0.05) is 17.3 Å². The first-order chi connectivity index (χ1) is 15.1. The zero-order chi connectivity index (χ0) is 21.4. The average Bonchev–Trinajstić information content (AvgIpc) is 3.44. The molecule has 0 atom stereocenters. The fourth-order valence-corrected chi connectivity index (χ4v) is 4.27. The van der Waals surface area contributed by atoms with Crippen molar-refractivity contribution in [1.29, 1.82) is 0 Å². The topological polar surface area (TPSA) is 95.6 Å². The van der Waals surface area contributed by atoms with E-state index in [-0.39, 0.29) is 18.9 Å². The first-order valence-corrected chi connectivity index (χ1v) is 10.5. The summed E-state index contributed by atoms with van der Waals surface area (Å²) in [6, 6.07) is 11.7. The Labute approximate surface area is 180 Å². The van der Waals surface area contributed by atoms with Gasteiger partial charge in [0.25, 0.3) is 0 Å². The summed E-state index contributed by atoms with van der Waals surface area (Å²) in [6.45, 7) is 4.02. The summed E-state index contributed by atoms with van der Waals surface area (Å²) in [5.74, 6) is -0.0898. The molecule has 0 aliphatic carbocycles. The van der Waals surface area contributed by atoms with E-state index < -0.39 is 0 Å². The van der Waals surface area contributed by atoms with Crippen LogP contribution in [0, 0.1) is 6.92 Å². The van der Waals surface area contributed by atoms with Crippen molar-refractivity contribution in [3.8, 4) is 5.69 Å². The number of carbonyl (C=O) groups excluding carboxylic acids is 1. The van der Waals surface area contributed by atoms with E-state index in [0.717, 1.165) is 41.3 Å². The molecular formula is C23H24N6O2. The Kier molecular flexibility index (Phi) is 4.99. The predicted octanol–water partition coefficient (Wildman–Crippen LogP) is 3.13. The first-order valence-electron chi connectivity index (χ1n) is 10.5. The Morgan fingerprint density at radius 3 is 2.81 bits per heavy atom. The van der Waals surface area contributed by atoms with Crippen molar-refractivity contribution in [3.05, 3.63) is 59.4 Å². The molecule has 1 fully saturated rings. The van der Waals surface area contributed by atoms with Gasteiger partial charge >= 0.3 is 0 Å². The minimum absolute atomic E-state index is 0.0898. The SMILES string of the molecule is Cc1cc2c(cc1N1CCCC1)N=C(c1cccc(-n3nncc3CO)c1)CC(=O)N2. The van der Waals surface area contributed by atoms with Crippen LogP contribution in [0.25, 0.3) is 5.69 Å². The number of anilines is 2. The fraction of sp³-hybridized carbons (Fsp3) is 0.304. The lowest BCUT2D eigenvalue weighted by Gasteiger charge is -2.21. The highest BCUT2D eigenvalue weighted by molar-refractivity contribution is 6.17. The van der Waals surface area contributed by atoms with Crippen LogP contribution in [0.1, 0.15) is 36.1 Å². The van der Waals surface area contributed by atoms with Crippen molar-refractivity contribution in [3.63, 3.8) is 0 Å². The summed E-state index contributed by atoms with van der Waals surface area (Å²) in [6.07, 6.45) is 4.11. The molecule has 2 aliphatic heterocycles. The highest BCUT2D eigenvalue weighted by Crippen LogP contribution is 2.37. The molecule has 0 spiro atoms. The maximum atomic E-state index is 12.6. The minimum atomic E-state index is -0.160. The molecule has 2 aromatic carbocycles. The second kappa shape index (κ2) is 7.96. The summed E-state index contributed by atoms with van der Waals surface area (Å²) >= 11 is 0. The van der Waals surface area contributed by atoms with Crippen molar-refractivity contribution in [2.45, 2.75) is 32.8 Å². The number of benzene rings is 2. The lowest BCUT2D eigenvalue weighted by molar-refractivity contribution is -0.115. The number of aryl methyl sites for hydroxylation is 1. The Morgan fingerprint density at radius 2 is 2.00 bits per heavy atom. The molecule has 0 saturated carbocycles. The number of carbonyl (C=O) groups is 1. The fourth-order valence-electron chi connectivity index (χ4n) is 4.27. The number of hydrogen-bond donors (Lipinski definition) is 2. The van der Waals surface area contributed by atoms with E-state index in [2.05, 4.69) is 33.5 Å². The summed E-state index contributed by atoms with van der Waals surface area (Å²) in [4.78, 5) is 19.9. The number of nitrogens with zero attached hydrogens (tertiary/aromatic N) is 5. The zero-order valence-corrected chi connectivity index (χ0v) is 17.4. The van der Waals surface area contributed by atoms with E-state index in [1.165, 1.54) is 24.7 Å². The molecule has 1 amide bonds. The zero-order valence-electron chi connectivity index (χ0n) is 17.4. The van der Waals surface area contributed by atoms with Gasteiger partial charge in [-0.3, -0.25) is 9.79 Å². The van der Waals surface area contributed by atoms with Crippen molar-refractivity contribution < 1.29 is 9.90 Å². The van der Waals surface area contributed by atoms with E-state index in [1.54, 1.807) is 4.68 Å². The van der Waals surface area contributed by atoms with Crippen LogP contribution >= 0.6 is 0 Å². The molecule has 5 rings (SSSR count). The van der Waals surface area contributed by atoms with Gasteiger partial charge in [0.1, 0.15) is 0 Å². The molecule has 3 aromatic rings. The van der Waals surface area contributed by atoms with Crippen molar-refractivity contribution in [1.82, 2.24) is 15.0 Å². The molecule has 1 aromatic heterocycles. The normalized spacial score (nSPS) is 16.0. The van der Waals surface area contributed by atoms with Crippen molar-refractivity contribution in [2.75, 3.05) is 23.3 Å². The van der Waals surface area contributed by atoms with Crippen LogP contribution < -0.4 is 10.2 Å². The number of aromatic nitrogens is 3. The van der Waals surface area contributed by atoms with Gasteiger partial charge in [-0.15, -0.1) is 5.10 Å². The highest BCUT2D eigenvalue weighted by atomic mass is 16.3. The Morgan fingerprint density at radius 1 is 1.16 bits per heavy atom. The molecule has 2 aliphatic rings. The second-order valence-corrected chi connectivity index (χ2v) is 7.98. The molecule has 0 bridgehead atoms. The van der Waals surface area contributed by atoms with Crippen LogP contribution in [0.2, 0.25) is 0 Å². The molecule has 0 radical (unpaired) electrons. The van der Waals surface area contributed by atoms with Crippen LogP contribution in [0.4, 0.5) is 17.1 Å². The molecule has 158 valence electrons. The van der Waals surface area contributed by atoms with E-state index >= 15 is 0 Å². The largest absolute Gasteiger partial charge is 0.390 e. The van der Waals surface area contributed by atoms with Crippen LogP contribution in [-0.4, -0.2) is 44.8 Å². The Bertz CT molecular complexity index is 1180. The van der Waals surface area contributed by atoms with Gasteiger partial charge in [0.15, 0.2) is 0 Å². The van der Waals surface area contributed by atoms with Crippen LogP contribution in [0.3, 0.4) is 0 Å². The molecule has 8 heteroatoms. The summed E-state index contributed by atoms with van der Waals surface area (Å²) in [5, 5.41) is 20.5. The van der Waals surface area contributed by atoms with E-state index in [0.29, 0.717) is 11.4 Å². The van der Waals surface area contributed by atoms with Gasteiger partial charge in [-0.2, -0.15) is 0 Å². The monoisotopic (exact) mass is 416 g/mol. The number of aliphatic imine (C=N–C) groups is 1. The standard InChI is InChI=1S/C23H24N6O2/c1-15-9-20-21(11-22(15)28-7-2-3-8-28)25-19(12-23(31)26-20)16-5-4-6-17(10-16)29-18(14-30)13-24-27-29/h4-6,9-11,13,30H,2-3,7-8,12,14H2,1H3,(H,26,31). The predicted molar refractivity (Wildman–Crippen MR) is 119 cm³/mol. The smallest absolute Gasteiger partial charge is 0.230 e. The summed E-state index contributed by atoms with van der Waals surface area (Å²) in [5.41, 5.74) is 6.72. The maximum absolute atomic E-state index is 12.6. The number of fused-ring (bicyclic) bond motifs is 1. The number of rotatable bonds is 4. The van der Waals surface area contributed by atoms with Gasteiger partial charge in [0, 0.05) is 18.8 Å². The molecule has 0 unspecified atom stereocenters. The Hall–Kier alpha value is -3.52. The minimum Gasteiger partial charge on any atom is -0.390 e. The molecule has 8 nitrogen and oxygen atoms in total. The molecule has 1 saturated heterocycles. The Balaban J connectivity index is 1.57. The highest BCUT2D eigenvalue weighted by Gasteiger charge is 2.21. The summed E-state index contributed by atoms with van der Waals surface area (Å²) < 4.78 is 1.59. The summed E-state index contributed by atoms with van der Waals surface area (Å²) in [7, 11) is 0. The first kappa shape index (κ1) is 19.4. The third kappa shape index (κ3) is 3.70. The van der Waals surface area contributed by atoms with Gasteiger partial charge in [0.05, 0.1) is 47.7 Å². The van der Waals surface area contributed by atoms with Gasteiger partial charge < -0.3 is 15.3 Å². The van der Waals surface area contributed by atoms with Crippen LogP contribution in [0.15, 0.2) is 47.6 Å². The number of aliphatic hydroxyl groups excluding tert-OH is 1. The molecule has 3 heterocycles. The van der Waals surface area contributed by atoms with Crippen LogP contribution in [0.5, 0.6) is 0 Å². The van der Waals surface area contributed by atoms with Crippen molar-refractivity contribution in [2.24, 2.45) is 4.99 Å². The molecule has 2 N–H and O–H groups in total. The number of amides is 1. The van der Waals surface area contributed by atoms with Gasteiger partial charge in [-0.25, -0.2) is 4.68 Å². The van der Waals surface area contributed by atoms with Gasteiger partial charge in [-0.05, 0) is 55.2 Å². The lowest BCUT2D eigenvalue weighted by Crippen LogP contribution is -2.19. The third-order valence-electron chi connectivity index (χ3n) is 5.82. The van der Waals surface area contributed by atoms with E-state index in [1.807, 2.05) is 30.3 Å². The second-order valence-electron chi connectivity index (χ2n) is 7.98. The number of aliphatic hydroxyl groups is 1. The number of hydrogen-bond acceptors (Lipinski definition) is 6. The number of nitrogens with one attached hydrogen (secondary N) is 1. The van der Waals surface area contributed by atoms with Gasteiger partial charge in [0.2, 0.25) is 5.91 Å². The van der Waals surface area contributed by atoms with Crippen molar-refractivity contribution >= 4 is 28.7 Å². The van der Waals surface area contributed by atoms with E-state index in [9.17, 15) is 9.90 Å². The lowest BCUT2D eigenvalue weighted by atomic mass is 10.1. The third-order valence-corrected chi connectivity index (χ3v) is 5.82. The van der Waals surface area contributed by atoms with E-state index in [4.69, 9.17) is 4.99 Å². The maximum Gasteiger partial charge on any atom is 0.230 e. The molecular weight excluding hydrogens is 392 g/mol. The quantitative estimate of drug-likeness (QED) is 0.681. The molecule has 31 heavy (non-hydrogen) atoms. The average molecular weight is 416 g/mol.